The maximum Gasteiger partial charge on any atom is 0.251 e. The van der Waals surface area contributed by atoms with Crippen LogP contribution in [0.4, 0.5) is 0 Å². The van der Waals surface area contributed by atoms with Gasteiger partial charge in [0.2, 0.25) is 0 Å². The second-order valence-electron chi connectivity index (χ2n) is 5.30. The predicted molar refractivity (Wildman–Crippen MR) is 78.3 cm³/mol. The Hall–Kier alpha value is -1.09. The summed E-state index contributed by atoms with van der Waals surface area (Å²) in [5, 5.41) is 2.12. The second kappa shape index (κ2) is 4.54. The molecule has 1 aliphatic carbocycles. The van der Waals surface area contributed by atoms with Gasteiger partial charge < -0.3 is 4.57 Å². The Morgan fingerprint density at radius 2 is 1.94 bits per heavy atom. The van der Waals surface area contributed by atoms with Gasteiger partial charge in [0.1, 0.15) is 0 Å². The zero-order chi connectivity index (χ0) is 12.6. The molecule has 1 aliphatic rings. The van der Waals surface area contributed by atoms with Crippen LogP contribution in [0.25, 0.3) is 10.9 Å². The molecule has 1 heterocycles. The first-order chi connectivity index (χ1) is 8.74. The van der Waals surface area contributed by atoms with Crippen LogP contribution in [0.15, 0.2) is 41.2 Å². The summed E-state index contributed by atoms with van der Waals surface area (Å²) in [7, 11) is 0. The molecule has 2 aromatic rings. The van der Waals surface area contributed by atoms with Crippen molar-refractivity contribution in [3.05, 3.63) is 46.8 Å². The van der Waals surface area contributed by atoms with Gasteiger partial charge in [0, 0.05) is 17.9 Å². The third kappa shape index (κ3) is 1.91. The molecule has 3 rings (SSSR count). The predicted octanol–water partition coefficient (Wildman–Crippen LogP) is 3.57. The molecule has 1 aromatic heterocycles. The highest BCUT2D eigenvalue weighted by Gasteiger charge is 2.36. The van der Waals surface area contributed by atoms with Gasteiger partial charge in [0.05, 0.1) is 5.52 Å². The molecule has 0 aliphatic heterocycles. The molecule has 0 amide bonds. The van der Waals surface area contributed by atoms with Gasteiger partial charge >= 0.3 is 0 Å². The van der Waals surface area contributed by atoms with Gasteiger partial charge in [0.25, 0.3) is 5.56 Å². The molecule has 94 valence electrons. The molecule has 1 aromatic carbocycles. The number of pyridine rings is 1. The Bertz CT molecular complexity index is 622. The largest absolute Gasteiger partial charge is 0.308 e. The van der Waals surface area contributed by atoms with Crippen molar-refractivity contribution in [2.24, 2.45) is 5.41 Å². The van der Waals surface area contributed by atoms with E-state index in [1.165, 1.54) is 19.3 Å². The standard InChI is InChI=1S/C15H16BrNO/c16-10-15(8-3-9-15)11-17-13-5-2-1-4-12(13)6-7-14(17)18/h1-2,4-7H,3,8-11H2. The normalized spacial score (nSPS) is 17.6. The van der Waals surface area contributed by atoms with Gasteiger partial charge in [-0.1, -0.05) is 40.5 Å². The average molecular weight is 306 g/mol. The number of benzene rings is 1. The summed E-state index contributed by atoms with van der Waals surface area (Å²) in [5.41, 5.74) is 1.45. The summed E-state index contributed by atoms with van der Waals surface area (Å²) in [4.78, 5) is 12.1. The number of aromatic nitrogens is 1. The van der Waals surface area contributed by atoms with Crippen molar-refractivity contribution in [1.29, 1.82) is 0 Å². The molecule has 2 nitrogen and oxygen atoms in total. The lowest BCUT2D eigenvalue weighted by atomic mass is 9.70. The number of nitrogens with zero attached hydrogens (tertiary/aromatic N) is 1. The molecule has 0 saturated heterocycles. The Kier molecular flexibility index (Phi) is 3.02. The third-order valence-corrected chi connectivity index (χ3v) is 5.28. The summed E-state index contributed by atoms with van der Waals surface area (Å²) >= 11 is 3.61. The summed E-state index contributed by atoms with van der Waals surface area (Å²) in [6.45, 7) is 0.832. The number of hydrogen-bond acceptors (Lipinski definition) is 1. The van der Waals surface area contributed by atoms with Crippen molar-refractivity contribution in [3.8, 4) is 0 Å². The zero-order valence-electron chi connectivity index (χ0n) is 10.2. The maximum absolute atomic E-state index is 12.1. The first kappa shape index (κ1) is 12.0. The molecule has 0 radical (unpaired) electrons. The van der Waals surface area contributed by atoms with Crippen LogP contribution >= 0.6 is 15.9 Å². The zero-order valence-corrected chi connectivity index (χ0v) is 11.8. The Labute approximate surface area is 115 Å². The van der Waals surface area contributed by atoms with Crippen LogP contribution < -0.4 is 5.56 Å². The highest BCUT2D eigenvalue weighted by Crippen LogP contribution is 2.43. The maximum atomic E-state index is 12.1. The molecular formula is C15H16BrNO. The quantitative estimate of drug-likeness (QED) is 0.795. The van der Waals surface area contributed by atoms with Crippen LogP contribution in [-0.4, -0.2) is 9.90 Å². The highest BCUT2D eigenvalue weighted by molar-refractivity contribution is 9.09. The Balaban J connectivity index is 2.10. The van der Waals surface area contributed by atoms with Crippen LogP contribution in [0.2, 0.25) is 0 Å². The number of para-hydroxylation sites is 1. The van der Waals surface area contributed by atoms with Crippen molar-refractivity contribution >= 4 is 26.8 Å². The topological polar surface area (TPSA) is 22.0 Å². The van der Waals surface area contributed by atoms with Crippen molar-refractivity contribution in [2.75, 3.05) is 5.33 Å². The van der Waals surface area contributed by atoms with E-state index in [1.54, 1.807) is 6.07 Å². The molecular weight excluding hydrogens is 290 g/mol. The van der Waals surface area contributed by atoms with Crippen LogP contribution in [-0.2, 0) is 6.54 Å². The van der Waals surface area contributed by atoms with E-state index in [2.05, 4.69) is 22.0 Å². The van der Waals surface area contributed by atoms with Gasteiger partial charge in [-0.2, -0.15) is 0 Å². The number of hydrogen-bond donors (Lipinski definition) is 0. The Morgan fingerprint density at radius 3 is 2.61 bits per heavy atom. The number of fused-ring (bicyclic) bond motifs is 1. The minimum atomic E-state index is 0.112. The van der Waals surface area contributed by atoms with E-state index in [9.17, 15) is 4.79 Å². The van der Waals surface area contributed by atoms with E-state index in [-0.39, 0.29) is 11.0 Å². The molecule has 0 unspecified atom stereocenters. The smallest absolute Gasteiger partial charge is 0.251 e. The molecule has 0 N–H and O–H groups in total. The fourth-order valence-corrected chi connectivity index (χ4v) is 3.49. The van der Waals surface area contributed by atoms with Gasteiger partial charge in [0.15, 0.2) is 0 Å². The highest BCUT2D eigenvalue weighted by atomic mass is 79.9. The first-order valence-corrected chi connectivity index (χ1v) is 7.51. The molecule has 0 spiro atoms. The van der Waals surface area contributed by atoms with Gasteiger partial charge in [-0.25, -0.2) is 0 Å². The number of alkyl halides is 1. The van der Waals surface area contributed by atoms with Crippen molar-refractivity contribution < 1.29 is 0 Å². The molecule has 0 atom stereocenters. The van der Waals surface area contributed by atoms with Gasteiger partial charge in [-0.3, -0.25) is 4.79 Å². The fraction of sp³-hybridized carbons (Fsp3) is 0.400. The van der Waals surface area contributed by atoms with Gasteiger partial charge in [-0.05, 0) is 35.8 Å². The first-order valence-electron chi connectivity index (χ1n) is 6.39. The lowest BCUT2D eigenvalue weighted by molar-refractivity contribution is 0.141. The number of rotatable bonds is 3. The summed E-state index contributed by atoms with van der Waals surface area (Å²) in [6, 6.07) is 11.7. The fourth-order valence-electron chi connectivity index (χ4n) is 2.75. The van der Waals surface area contributed by atoms with E-state index in [1.807, 2.05) is 28.8 Å². The van der Waals surface area contributed by atoms with Crippen molar-refractivity contribution in [2.45, 2.75) is 25.8 Å². The minimum absolute atomic E-state index is 0.112. The van der Waals surface area contributed by atoms with E-state index >= 15 is 0 Å². The van der Waals surface area contributed by atoms with Crippen molar-refractivity contribution in [3.63, 3.8) is 0 Å². The van der Waals surface area contributed by atoms with Crippen LogP contribution in [0.5, 0.6) is 0 Å². The summed E-state index contributed by atoms with van der Waals surface area (Å²) in [6.07, 6.45) is 3.72. The van der Waals surface area contributed by atoms with E-state index < -0.39 is 0 Å². The van der Waals surface area contributed by atoms with E-state index in [0.717, 1.165) is 22.8 Å². The van der Waals surface area contributed by atoms with Crippen molar-refractivity contribution in [1.82, 2.24) is 4.57 Å². The average Bonchev–Trinajstić information content (AvgIpc) is 2.36. The third-order valence-electron chi connectivity index (χ3n) is 4.09. The molecule has 1 fully saturated rings. The summed E-state index contributed by atoms with van der Waals surface area (Å²) in [5.74, 6) is 0. The molecule has 1 saturated carbocycles. The van der Waals surface area contributed by atoms with E-state index in [0.29, 0.717) is 0 Å². The minimum Gasteiger partial charge on any atom is -0.308 e. The van der Waals surface area contributed by atoms with Crippen LogP contribution in [0, 0.1) is 5.41 Å². The van der Waals surface area contributed by atoms with Crippen LogP contribution in [0.3, 0.4) is 0 Å². The monoisotopic (exact) mass is 305 g/mol. The molecule has 0 bridgehead atoms. The molecule has 3 heteroatoms. The van der Waals surface area contributed by atoms with Gasteiger partial charge in [-0.15, -0.1) is 0 Å². The molecule has 18 heavy (non-hydrogen) atoms. The summed E-state index contributed by atoms with van der Waals surface area (Å²) < 4.78 is 1.94. The Morgan fingerprint density at radius 1 is 1.17 bits per heavy atom. The van der Waals surface area contributed by atoms with E-state index in [4.69, 9.17) is 0 Å². The SMILES string of the molecule is O=c1ccc2ccccc2n1CC1(CBr)CCC1. The van der Waals surface area contributed by atoms with Crippen LogP contribution in [0.1, 0.15) is 19.3 Å². The lowest BCUT2D eigenvalue weighted by Crippen LogP contribution is -2.38. The number of halogens is 1. The second-order valence-corrected chi connectivity index (χ2v) is 5.86. The lowest BCUT2D eigenvalue weighted by Gasteiger charge is -2.41.